The third-order valence-corrected chi connectivity index (χ3v) is 3.90. The molecule has 0 radical (unpaired) electrons. The zero-order valence-electron chi connectivity index (χ0n) is 13.2. The highest BCUT2D eigenvalue weighted by molar-refractivity contribution is 6.35. The Morgan fingerprint density at radius 3 is 2.30 bits per heavy atom. The zero-order valence-corrected chi connectivity index (χ0v) is 13.2. The summed E-state index contributed by atoms with van der Waals surface area (Å²) in [6.45, 7) is 0. The molecular weight excluding hydrogens is 294 g/mol. The van der Waals surface area contributed by atoms with Crippen LogP contribution in [0.1, 0.15) is 11.1 Å². The van der Waals surface area contributed by atoms with Crippen LogP contribution in [0.25, 0.3) is 11.6 Å². The Kier molecular flexibility index (Phi) is 3.70. The lowest BCUT2D eigenvalue weighted by Gasteiger charge is -2.10. The Bertz CT molecular complexity index is 785. The second-order valence-corrected chi connectivity index (χ2v) is 5.21. The molecule has 3 rings (SSSR count). The number of likely N-dealkylation sites (N-methyl/N-ethyl adjacent to an activating group) is 1. The summed E-state index contributed by atoms with van der Waals surface area (Å²) in [6.07, 6.45) is 1.77. The lowest BCUT2D eigenvalue weighted by atomic mass is 10.0. The van der Waals surface area contributed by atoms with Gasteiger partial charge in [-0.1, -0.05) is 18.2 Å². The molecule has 1 aliphatic rings. The third kappa shape index (κ3) is 2.40. The highest BCUT2D eigenvalue weighted by Crippen LogP contribution is 2.40. The van der Waals surface area contributed by atoms with E-state index in [-0.39, 0.29) is 11.7 Å². The Morgan fingerprint density at radius 1 is 1.09 bits per heavy atom. The van der Waals surface area contributed by atoms with Crippen LogP contribution in [0.4, 0.5) is 5.69 Å². The van der Waals surface area contributed by atoms with Gasteiger partial charge in [-0.25, -0.2) is 0 Å². The van der Waals surface area contributed by atoms with Crippen molar-refractivity contribution in [3.05, 3.63) is 47.5 Å². The number of ether oxygens (including phenoxy) is 2. The van der Waals surface area contributed by atoms with E-state index >= 15 is 0 Å². The van der Waals surface area contributed by atoms with Crippen LogP contribution in [0.2, 0.25) is 0 Å². The van der Waals surface area contributed by atoms with Crippen LogP contribution >= 0.6 is 0 Å². The van der Waals surface area contributed by atoms with E-state index in [0.29, 0.717) is 22.6 Å². The van der Waals surface area contributed by atoms with Gasteiger partial charge in [0.25, 0.3) is 5.91 Å². The molecule has 23 heavy (non-hydrogen) atoms. The average molecular weight is 311 g/mol. The first-order chi connectivity index (χ1) is 11.1. The molecule has 1 amide bonds. The molecule has 0 spiro atoms. The normalized spacial score (nSPS) is 15.0. The first kappa shape index (κ1) is 15.0. The molecule has 2 aromatic rings. The van der Waals surface area contributed by atoms with Gasteiger partial charge in [-0.2, -0.15) is 0 Å². The number of rotatable bonds is 3. The highest BCUT2D eigenvalue weighted by atomic mass is 16.5. The third-order valence-electron chi connectivity index (χ3n) is 3.90. The molecule has 118 valence electrons. The molecule has 1 aliphatic heterocycles. The molecule has 0 aliphatic carbocycles. The molecule has 1 N–H and O–H groups in total. The summed E-state index contributed by atoms with van der Waals surface area (Å²) in [5.41, 5.74) is 3.07. The maximum atomic E-state index is 12.5. The molecule has 1 heterocycles. The SMILES string of the molecule is COc1cc(/C=C2/C(=O)N(C)c3ccccc32)cc(OC)c1O. The number of amides is 1. The number of aromatic hydroxyl groups is 1. The van der Waals surface area contributed by atoms with Crippen molar-refractivity contribution in [3.63, 3.8) is 0 Å². The summed E-state index contributed by atoms with van der Waals surface area (Å²) in [5.74, 6) is 0.455. The number of carbonyl (C=O) groups excluding carboxylic acids is 1. The smallest absolute Gasteiger partial charge is 0.258 e. The van der Waals surface area contributed by atoms with E-state index in [0.717, 1.165) is 11.3 Å². The van der Waals surface area contributed by atoms with Gasteiger partial charge >= 0.3 is 0 Å². The van der Waals surface area contributed by atoms with Gasteiger partial charge in [0.05, 0.1) is 19.9 Å². The minimum atomic E-state index is -0.0720. The van der Waals surface area contributed by atoms with E-state index in [2.05, 4.69) is 0 Å². The molecule has 0 saturated carbocycles. The van der Waals surface area contributed by atoms with Crippen LogP contribution < -0.4 is 14.4 Å². The number of carbonyl (C=O) groups is 1. The zero-order chi connectivity index (χ0) is 16.6. The molecule has 0 fully saturated rings. The van der Waals surface area contributed by atoms with Gasteiger partial charge in [0.15, 0.2) is 11.5 Å². The monoisotopic (exact) mass is 311 g/mol. The van der Waals surface area contributed by atoms with E-state index in [9.17, 15) is 9.90 Å². The van der Waals surface area contributed by atoms with Crippen LogP contribution in [-0.4, -0.2) is 32.3 Å². The molecule has 0 aromatic heterocycles. The van der Waals surface area contributed by atoms with Gasteiger partial charge in [0.2, 0.25) is 5.75 Å². The van der Waals surface area contributed by atoms with Crippen LogP contribution in [-0.2, 0) is 4.79 Å². The number of hydrogen-bond acceptors (Lipinski definition) is 4. The fourth-order valence-electron chi connectivity index (χ4n) is 2.70. The van der Waals surface area contributed by atoms with Crippen molar-refractivity contribution in [2.45, 2.75) is 0 Å². The van der Waals surface area contributed by atoms with Crippen molar-refractivity contribution in [2.24, 2.45) is 0 Å². The van der Waals surface area contributed by atoms with E-state index in [4.69, 9.17) is 9.47 Å². The lowest BCUT2D eigenvalue weighted by molar-refractivity contribution is -0.112. The molecule has 0 bridgehead atoms. The molecule has 5 nitrogen and oxygen atoms in total. The maximum Gasteiger partial charge on any atom is 0.258 e. The summed E-state index contributed by atoms with van der Waals surface area (Å²) in [5, 5.41) is 9.98. The number of methoxy groups -OCH3 is 2. The van der Waals surface area contributed by atoms with E-state index < -0.39 is 0 Å². The molecule has 0 unspecified atom stereocenters. The van der Waals surface area contributed by atoms with Crippen molar-refractivity contribution < 1.29 is 19.4 Å². The maximum absolute atomic E-state index is 12.5. The number of para-hydroxylation sites is 1. The number of nitrogens with zero attached hydrogens (tertiary/aromatic N) is 1. The van der Waals surface area contributed by atoms with Crippen molar-refractivity contribution in [1.29, 1.82) is 0 Å². The molecule has 0 saturated heterocycles. The van der Waals surface area contributed by atoms with Gasteiger partial charge in [0.1, 0.15) is 0 Å². The molecular formula is C18H17NO4. The number of phenols is 1. The molecule has 2 aromatic carbocycles. The Morgan fingerprint density at radius 2 is 1.70 bits per heavy atom. The van der Waals surface area contributed by atoms with Gasteiger partial charge < -0.3 is 19.5 Å². The number of hydrogen-bond donors (Lipinski definition) is 1. The van der Waals surface area contributed by atoms with Crippen molar-refractivity contribution in [2.75, 3.05) is 26.2 Å². The molecule has 0 atom stereocenters. The summed E-state index contributed by atoms with van der Waals surface area (Å²) in [4.78, 5) is 14.1. The second-order valence-electron chi connectivity index (χ2n) is 5.21. The summed E-state index contributed by atoms with van der Waals surface area (Å²) >= 11 is 0. The fraction of sp³-hybridized carbons (Fsp3) is 0.167. The second kappa shape index (κ2) is 5.68. The van der Waals surface area contributed by atoms with Gasteiger partial charge in [-0.15, -0.1) is 0 Å². The van der Waals surface area contributed by atoms with Crippen molar-refractivity contribution >= 4 is 23.2 Å². The summed E-state index contributed by atoms with van der Waals surface area (Å²) in [7, 11) is 4.68. The van der Waals surface area contributed by atoms with Crippen LogP contribution in [0.5, 0.6) is 17.2 Å². The largest absolute Gasteiger partial charge is 0.502 e. The predicted octanol–water partition coefficient (Wildman–Crippen LogP) is 2.93. The van der Waals surface area contributed by atoms with Gasteiger partial charge in [-0.05, 0) is 29.8 Å². The van der Waals surface area contributed by atoms with E-state index in [1.54, 1.807) is 30.2 Å². The van der Waals surface area contributed by atoms with E-state index in [1.807, 2.05) is 24.3 Å². The lowest BCUT2D eigenvalue weighted by Crippen LogP contribution is -2.20. The minimum absolute atomic E-state index is 0.0626. The topological polar surface area (TPSA) is 59.0 Å². The Hall–Kier alpha value is -2.95. The highest BCUT2D eigenvalue weighted by Gasteiger charge is 2.29. The van der Waals surface area contributed by atoms with Crippen molar-refractivity contribution in [1.82, 2.24) is 0 Å². The number of benzene rings is 2. The number of phenolic OH excluding ortho intramolecular Hbond substituents is 1. The summed E-state index contributed by atoms with van der Waals surface area (Å²) in [6, 6.07) is 11.0. The quantitative estimate of drug-likeness (QED) is 0.886. The van der Waals surface area contributed by atoms with Gasteiger partial charge in [0, 0.05) is 18.2 Å². The Labute approximate surface area is 134 Å². The average Bonchev–Trinajstić information content (AvgIpc) is 2.81. The summed E-state index contributed by atoms with van der Waals surface area (Å²) < 4.78 is 10.3. The first-order valence-electron chi connectivity index (χ1n) is 7.11. The van der Waals surface area contributed by atoms with Crippen LogP contribution in [0, 0.1) is 0 Å². The number of anilines is 1. The van der Waals surface area contributed by atoms with E-state index in [1.165, 1.54) is 14.2 Å². The Balaban J connectivity index is 2.14. The fourth-order valence-corrected chi connectivity index (χ4v) is 2.70. The molecule has 5 heteroatoms. The number of fused-ring (bicyclic) bond motifs is 1. The predicted molar refractivity (Wildman–Crippen MR) is 88.9 cm³/mol. The standard InChI is InChI=1S/C18H17NO4/c1-19-14-7-5-4-6-12(14)13(18(19)21)8-11-9-15(22-2)17(20)16(10-11)23-3/h4-10,20H,1-3H3/b13-8+. The minimum Gasteiger partial charge on any atom is -0.502 e. The van der Waals surface area contributed by atoms with Crippen LogP contribution in [0.3, 0.4) is 0 Å². The van der Waals surface area contributed by atoms with Crippen LogP contribution in [0.15, 0.2) is 36.4 Å². The van der Waals surface area contributed by atoms with Crippen molar-refractivity contribution in [3.8, 4) is 17.2 Å². The first-order valence-corrected chi connectivity index (χ1v) is 7.11. The van der Waals surface area contributed by atoms with Gasteiger partial charge in [-0.3, -0.25) is 4.79 Å².